The van der Waals surface area contributed by atoms with Crippen molar-refractivity contribution in [2.75, 3.05) is 0 Å². The van der Waals surface area contributed by atoms with Crippen LogP contribution in [0.3, 0.4) is 0 Å². The van der Waals surface area contributed by atoms with Gasteiger partial charge in [0, 0.05) is 12.3 Å². The van der Waals surface area contributed by atoms with E-state index in [0.717, 1.165) is 24.2 Å². The van der Waals surface area contributed by atoms with Crippen LogP contribution in [0, 0.1) is 23.7 Å². The van der Waals surface area contributed by atoms with Gasteiger partial charge in [-0.25, -0.2) is 0 Å². The molecule has 3 fully saturated rings. The summed E-state index contributed by atoms with van der Waals surface area (Å²) >= 11 is 0. The van der Waals surface area contributed by atoms with Gasteiger partial charge in [0.1, 0.15) is 5.78 Å². The lowest BCUT2D eigenvalue weighted by atomic mass is 9.81. The Labute approximate surface area is 67.2 Å². The minimum absolute atomic E-state index is 0.521. The molecule has 4 atom stereocenters. The molecule has 3 aliphatic carbocycles. The molecule has 0 spiro atoms. The standard InChI is InChI=1S/C10H14O/c11-10-5-6-4-9(10)8-3-1-2-7(6)8/h6-9H,1-5H2/t6-,7-,8-,9+/m1/s1. The average Bonchev–Trinajstić information content (AvgIpc) is 2.52. The van der Waals surface area contributed by atoms with E-state index >= 15 is 0 Å². The number of fused-ring (bicyclic) bond motifs is 5. The van der Waals surface area contributed by atoms with Gasteiger partial charge in [-0.15, -0.1) is 0 Å². The molecule has 11 heavy (non-hydrogen) atoms. The van der Waals surface area contributed by atoms with Crippen LogP contribution in [0.25, 0.3) is 0 Å². The Hall–Kier alpha value is -0.330. The minimum Gasteiger partial charge on any atom is -0.299 e. The number of hydrogen-bond donors (Lipinski definition) is 0. The van der Waals surface area contributed by atoms with Crippen LogP contribution in [0.15, 0.2) is 0 Å². The van der Waals surface area contributed by atoms with Crippen molar-refractivity contribution in [3.63, 3.8) is 0 Å². The van der Waals surface area contributed by atoms with E-state index in [9.17, 15) is 4.79 Å². The molecule has 2 bridgehead atoms. The van der Waals surface area contributed by atoms with E-state index in [2.05, 4.69) is 0 Å². The first kappa shape index (κ1) is 6.22. The molecule has 0 unspecified atom stereocenters. The summed E-state index contributed by atoms with van der Waals surface area (Å²) in [5.74, 6) is 3.74. The van der Waals surface area contributed by atoms with Gasteiger partial charge in [0.15, 0.2) is 0 Å². The molecular formula is C10H14O. The number of carbonyl (C=O) groups excluding carboxylic acids is 1. The summed E-state index contributed by atoms with van der Waals surface area (Å²) in [6.45, 7) is 0. The van der Waals surface area contributed by atoms with E-state index in [1.165, 1.54) is 25.7 Å². The fraction of sp³-hybridized carbons (Fsp3) is 0.900. The molecule has 0 aromatic rings. The van der Waals surface area contributed by atoms with Gasteiger partial charge in [0.05, 0.1) is 0 Å². The van der Waals surface area contributed by atoms with Crippen LogP contribution in [0.5, 0.6) is 0 Å². The Morgan fingerprint density at radius 2 is 2.00 bits per heavy atom. The molecule has 3 aliphatic rings. The maximum atomic E-state index is 11.4. The normalized spacial score (nSPS) is 53.6. The third-order valence-electron chi connectivity index (χ3n) is 4.18. The monoisotopic (exact) mass is 150 g/mol. The highest BCUT2D eigenvalue weighted by atomic mass is 16.1. The molecule has 0 saturated heterocycles. The highest BCUT2D eigenvalue weighted by molar-refractivity contribution is 5.85. The lowest BCUT2D eigenvalue weighted by Gasteiger charge is -2.22. The molecule has 3 rings (SSSR count). The van der Waals surface area contributed by atoms with Gasteiger partial charge in [-0.05, 0) is 37.0 Å². The summed E-state index contributed by atoms with van der Waals surface area (Å²) in [6.07, 6.45) is 6.38. The lowest BCUT2D eigenvalue weighted by Crippen LogP contribution is -2.23. The summed E-state index contributed by atoms with van der Waals surface area (Å²) in [7, 11) is 0. The zero-order valence-electron chi connectivity index (χ0n) is 6.75. The van der Waals surface area contributed by atoms with Gasteiger partial charge in [0.25, 0.3) is 0 Å². The van der Waals surface area contributed by atoms with E-state index in [1.807, 2.05) is 0 Å². The van der Waals surface area contributed by atoms with Gasteiger partial charge in [-0.1, -0.05) is 6.42 Å². The Morgan fingerprint density at radius 1 is 1.18 bits per heavy atom. The third kappa shape index (κ3) is 0.646. The van der Waals surface area contributed by atoms with Gasteiger partial charge < -0.3 is 0 Å². The predicted octanol–water partition coefficient (Wildman–Crippen LogP) is 2.01. The second-order valence-electron chi connectivity index (χ2n) is 4.53. The van der Waals surface area contributed by atoms with E-state index < -0.39 is 0 Å². The van der Waals surface area contributed by atoms with Crippen LogP contribution < -0.4 is 0 Å². The molecule has 0 N–H and O–H groups in total. The summed E-state index contributed by atoms with van der Waals surface area (Å²) in [5, 5.41) is 0. The number of ketones is 1. The molecule has 60 valence electrons. The Bertz CT molecular complexity index is 209. The highest BCUT2D eigenvalue weighted by Gasteiger charge is 2.53. The largest absolute Gasteiger partial charge is 0.299 e. The van der Waals surface area contributed by atoms with Crippen LogP contribution in [-0.4, -0.2) is 5.78 Å². The molecule has 0 radical (unpaired) electrons. The van der Waals surface area contributed by atoms with Crippen molar-refractivity contribution < 1.29 is 4.79 Å². The van der Waals surface area contributed by atoms with Gasteiger partial charge in [-0.2, -0.15) is 0 Å². The van der Waals surface area contributed by atoms with Crippen LogP contribution in [0.4, 0.5) is 0 Å². The molecular weight excluding hydrogens is 136 g/mol. The van der Waals surface area contributed by atoms with Crippen molar-refractivity contribution >= 4 is 5.78 Å². The molecule has 3 saturated carbocycles. The first-order chi connectivity index (χ1) is 5.36. The Kier molecular flexibility index (Phi) is 1.06. The maximum absolute atomic E-state index is 11.4. The van der Waals surface area contributed by atoms with E-state index in [0.29, 0.717) is 11.7 Å². The van der Waals surface area contributed by atoms with Crippen molar-refractivity contribution in [1.29, 1.82) is 0 Å². The van der Waals surface area contributed by atoms with Crippen LogP contribution >= 0.6 is 0 Å². The first-order valence-corrected chi connectivity index (χ1v) is 4.89. The fourth-order valence-electron chi connectivity index (χ4n) is 3.79. The molecule has 0 aromatic carbocycles. The molecule has 0 aliphatic heterocycles. The lowest BCUT2D eigenvalue weighted by molar-refractivity contribution is -0.123. The third-order valence-corrected chi connectivity index (χ3v) is 4.18. The summed E-state index contributed by atoms with van der Waals surface area (Å²) in [4.78, 5) is 11.4. The molecule has 0 heterocycles. The average molecular weight is 150 g/mol. The molecule has 0 aromatic heterocycles. The Morgan fingerprint density at radius 3 is 2.91 bits per heavy atom. The number of hydrogen-bond acceptors (Lipinski definition) is 1. The van der Waals surface area contributed by atoms with Crippen molar-refractivity contribution in [1.82, 2.24) is 0 Å². The number of Topliss-reactive ketones (excluding diaryl/α,β-unsaturated/α-hetero) is 1. The van der Waals surface area contributed by atoms with E-state index in [4.69, 9.17) is 0 Å². The maximum Gasteiger partial charge on any atom is 0.136 e. The predicted molar refractivity (Wildman–Crippen MR) is 42.1 cm³/mol. The van der Waals surface area contributed by atoms with Gasteiger partial charge >= 0.3 is 0 Å². The van der Waals surface area contributed by atoms with Gasteiger partial charge in [0.2, 0.25) is 0 Å². The number of carbonyl (C=O) groups is 1. The van der Waals surface area contributed by atoms with Crippen LogP contribution in [-0.2, 0) is 4.79 Å². The van der Waals surface area contributed by atoms with Crippen molar-refractivity contribution in [2.45, 2.75) is 32.1 Å². The zero-order chi connectivity index (χ0) is 7.42. The SMILES string of the molecule is O=C1C[C@H]2C[C@H]1[C@@H]1CCC[C@H]21. The number of rotatable bonds is 0. The molecule has 1 nitrogen and oxygen atoms in total. The van der Waals surface area contributed by atoms with E-state index in [1.54, 1.807) is 0 Å². The smallest absolute Gasteiger partial charge is 0.136 e. The van der Waals surface area contributed by atoms with Crippen molar-refractivity contribution in [3.8, 4) is 0 Å². The summed E-state index contributed by atoms with van der Waals surface area (Å²) in [6, 6.07) is 0. The van der Waals surface area contributed by atoms with Crippen molar-refractivity contribution in [3.05, 3.63) is 0 Å². The molecule has 1 heteroatoms. The minimum atomic E-state index is 0.521. The van der Waals surface area contributed by atoms with Crippen LogP contribution in [0.2, 0.25) is 0 Å². The first-order valence-electron chi connectivity index (χ1n) is 4.89. The van der Waals surface area contributed by atoms with Crippen LogP contribution in [0.1, 0.15) is 32.1 Å². The zero-order valence-corrected chi connectivity index (χ0v) is 6.75. The quantitative estimate of drug-likeness (QED) is 0.516. The highest BCUT2D eigenvalue weighted by Crippen LogP contribution is 2.57. The summed E-state index contributed by atoms with van der Waals surface area (Å²) in [5.41, 5.74) is 0. The van der Waals surface area contributed by atoms with E-state index in [-0.39, 0.29) is 0 Å². The second-order valence-corrected chi connectivity index (χ2v) is 4.53. The fourth-order valence-corrected chi connectivity index (χ4v) is 3.79. The summed E-state index contributed by atoms with van der Waals surface area (Å²) < 4.78 is 0. The molecule has 0 amide bonds. The Balaban J connectivity index is 1.95. The topological polar surface area (TPSA) is 17.1 Å². The second kappa shape index (κ2) is 1.88. The van der Waals surface area contributed by atoms with Gasteiger partial charge in [-0.3, -0.25) is 4.79 Å². The van der Waals surface area contributed by atoms with Crippen molar-refractivity contribution in [2.24, 2.45) is 23.7 Å².